The van der Waals surface area contributed by atoms with Gasteiger partial charge in [0.15, 0.2) is 0 Å². The fraction of sp³-hybridized carbons (Fsp3) is 1.00. The predicted molar refractivity (Wildman–Crippen MR) is 65.7 cm³/mol. The second-order valence-electron chi connectivity index (χ2n) is 5.90. The van der Waals surface area contributed by atoms with Crippen molar-refractivity contribution in [3.63, 3.8) is 0 Å². The van der Waals surface area contributed by atoms with Crippen LogP contribution in [0.3, 0.4) is 0 Å². The molecule has 1 nitrogen and oxygen atoms in total. The molecule has 0 radical (unpaired) electrons. The summed E-state index contributed by atoms with van der Waals surface area (Å²) in [5.74, 6) is 2.58. The second kappa shape index (κ2) is 5.34. The van der Waals surface area contributed by atoms with E-state index in [0.717, 1.165) is 17.8 Å². The van der Waals surface area contributed by atoms with E-state index in [2.05, 4.69) is 6.92 Å². The van der Waals surface area contributed by atoms with Crippen LogP contribution in [-0.2, 0) is 0 Å². The maximum atomic E-state index is 6.51. The molecule has 0 heterocycles. The Balaban J connectivity index is 1.90. The molecule has 2 fully saturated rings. The van der Waals surface area contributed by atoms with Gasteiger partial charge in [0.1, 0.15) is 0 Å². The van der Waals surface area contributed by atoms with E-state index in [1.807, 2.05) is 0 Å². The molecule has 0 bridgehead atoms. The Hall–Kier alpha value is -0.0400. The van der Waals surface area contributed by atoms with Crippen molar-refractivity contribution >= 4 is 0 Å². The van der Waals surface area contributed by atoms with Gasteiger partial charge in [-0.2, -0.15) is 0 Å². The van der Waals surface area contributed by atoms with E-state index < -0.39 is 0 Å². The van der Waals surface area contributed by atoms with Crippen LogP contribution in [0.4, 0.5) is 0 Å². The molecule has 3 atom stereocenters. The van der Waals surface area contributed by atoms with E-state index >= 15 is 0 Å². The molecule has 0 aromatic carbocycles. The lowest BCUT2D eigenvalue weighted by Crippen LogP contribution is -2.38. The second-order valence-corrected chi connectivity index (χ2v) is 5.90. The number of nitrogens with two attached hydrogens (primary N) is 1. The molecule has 88 valence electrons. The first-order valence-electron chi connectivity index (χ1n) is 7.04. The van der Waals surface area contributed by atoms with Crippen molar-refractivity contribution in [2.75, 3.05) is 0 Å². The SMILES string of the molecule is CC1CCCC1C(N)C1CCCCCC1. The fourth-order valence-electron chi connectivity index (χ4n) is 3.79. The van der Waals surface area contributed by atoms with Gasteiger partial charge in [0, 0.05) is 6.04 Å². The molecule has 2 aliphatic carbocycles. The van der Waals surface area contributed by atoms with Gasteiger partial charge in [-0.3, -0.25) is 0 Å². The van der Waals surface area contributed by atoms with Gasteiger partial charge < -0.3 is 5.73 Å². The average Bonchev–Trinajstić information content (AvgIpc) is 2.53. The highest BCUT2D eigenvalue weighted by Gasteiger charge is 2.33. The summed E-state index contributed by atoms with van der Waals surface area (Å²) in [4.78, 5) is 0. The van der Waals surface area contributed by atoms with Crippen LogP contribution < -0.4 is 5.73 Å². The van der Waals surface area contributed by atoms with Gasteiger partial charge in [0.05, 0.1) is 0 Å². The Labute approximate surface area is 94.8 Å². The lowest BCUT2D eigenvalue weighted by molar-refractivity contribution is 0.246. The molecule has 0 amide bonds. The number of hydrogen-bond acceptors (Lipinski definition) is 1. The van der Waals surface area contributed by atoms with Crippen LogP contribution in [-0.4, -0.2) is 6.04 Å². The zero-order chi connectivity index (χ0) is 10.7. The van der Waals surface area contributed by atoms with E-state index in [1.165, 1.54) is 57.8 Å². The Morgan fingerprint density at radius 3 is 2.07 bits per heavy atom. The maximum Gasteiger partial charge on any atom is 0.00981 e. The first kappa shape index (κ1) is 11.4. The quantitative estimate of drug-likeness (QED) is 0.689. The van der Waals surface area contributed by atoms with Crippen LogP contribution >= 0.6 is 0 Å². The molecule has 2 saturated carbocycles. The average molecular weight is 209 g/mol. The minimum atomic E-state index is 0.514. The first-order chi connectivity index (χ1) is 7.29. The smallest absolute Gasteiger partial charge is 0.00981 e. The summed E-state index contributed by atoms with van der Waals surface area (Å²) >= 11 is 0. The van der Waals surface area contributed by atoms with Crippen molar-refractivity contribution in [1.29, 1.82) is 0 Å². The van der Waals surface area contributed by atoms with Crippen LogP contribution in [0.15, 0.2) is 0 Å². The van der Waals surface area contributed by atoms with E-state index in [0.29, 0.717) is 6.04 Å². The summed E-state index contributed by atoms with van der Waals surface area (Å²) in [5.41, 5.74) is 6.51. The van der Waals surface area contributed by atoms with Crippen molar-refractivity contribution in [3.8, 4) is 0 Å². The monoisotopic (exact) mass is 209 g/mol. The van der Waals surface area contributed by atoms with E-state index in [1.54, 1.807) is 0 Å². The van der Waals surface area contributed by atoms with Crippen molar-refractivity contribution in [2.45, 2.75) is 70.8 Å². The van der Waals surface area contributed by atoms with Gasteiger partial charge in [0.2, 0.25) is 0 Å². The summed E-state index contributed by atoms with van der Waals surface area (Å²) < 4.78 is 0. The molecule has 1 heteroatoms. The summed E-state index contributed by atoms with van der Waals surface area (Å²) in [7, 11) is 0. The summed E-state index contributed by atoms with van der Waals surface area (Å²) in [6, 6.07) is 0.514. The standard InChI is InChI=1S/C14H27N/c1-11-7-6-10-13(11)14(15)12-8-4-2-3-5-9-12/h11-14H,2-10,15H2,1H3. The molecule has 0 aromatic rings. The third-order valence-corrected chi connectivity index (χ3v) is 4.87. The molecule has 3 unspecified atom stereocenters. The Bertz CT molecular complexity index is 182. The highest BCUT2D eigenvalue weighted by atomic mass is 14.7. The lowest BCUT2D eigenvalue weighted by Gasteiger charge is -2.30. The largest absolute Gasteiger partial charge is 0.327 e. The highest BCUT2D eigenvalue weighted by Crippen LogP contribution is 2.38. The van der Waals surface area contributed by atoms with Gasteiger partial charge in [-0.1, -0.05) is 45.4 Å². The van der Waals surface area contributed by atoms with Crippen LogP contribution in [0.2, 0.25) is 0 Å². The van der Waals surface area contributed by atoms with E-state index in [4.69, 9.17) is 5.73 Å². The van der Waals surface area contributed by atoms with Gasteiger partial charge in [-0.25, -0.2) is 0 Å². The molecule has 2 aliphatic rings. The van der Waals surface area contributed by atoms with Crippen LogP contribution in [0, 0.1) is 17.8 Å². The minimum Gasteiger partial charge on any atom is -0.327 e. The molecule has 2 N–H and O–H groups in total. The topological polar surface area (TPSA) is 26.0 Å². The van der Waals surface area contributed by atoms with Crippen LogP contribution in [0.25, 0.3) is 0 Å². The van der Waals surface area contributed by atoms with Crippen molar-refractivity contribution < 1.29 is 0 Å². The summed E-state index contributed by atoms with van der Waals surface area (Å²) in [5, 5.41) is 0. The third-order valence-electron chi connectivity index (χ3n) is 4.87. The summed E-state index contributed by atoms with van der Waals surface area (Å²) in [6.45, 7) is 2.41. The predicted octanol–water partition coefficient (Wildman–Crippen LogP) is 3.72. The maximum absolute atomic E-state index is 6.51. The molecular weight excluding hydrogens is 182 g/mol. The molecule has 0 aromatic heterocycles. The normalized spacial score (nSPS) is 36.4. The number of hydrogen-bond donors (Lipinski definition) is 1. The Morgan fingerprint density at radius 1 is 0.867 bits per heavy atom. The Kier molecular flexibility index (Phi) is 4.07. The first-order valence-corrected chi connectivity index (χ1v) is 7.04. The molecule has 0 spiro atoms. The highest BCUT2D eigenvalue weighted by molar-refractivity contribution is 4.87. The Morgan fingerprint density at radius 2 is 1.53 bits per heavy atom. The zero-order valence-electron chi connectivity index (χ0n) is 10.3. The molecule has 15 heavy (non-hydrogen) atoms. The van der Waals surface area contributed by atoms with Gasteiger partial charge >= 0.3 is 0 Å². The van der Waals surface area contributed by atoms with Gasteiger partial charge in [-0.15, -0.1) is 0 Å². The van der Waals surface area contributed by atoms with Gasteiger partial charge in [-0.05, 0) is 37.0 Å². The van der Waals surface area contributed by atoms with Crippen molar-refractivity contribution in [2.24, 2.45) is 23.5 Å². The lowest BCUT2D eigenvalue weighted by atomic mass is 9.80. The number of rotatable bonds is 2. The minimum absolute atomic E-state index is 0.514. The molecule has 2 rings (SSSR count). The van der Waals surface area contributed by atoms with Crippen molar-refractivity contribution in [1.82, 2.24) is 0 Å². The molecule has 0 saturated heterocycles. The van der Waals surface area contributed by atoms with Crippen molar-refractivity contribution in [3.05, 3.63) is 0 Å². The summed E-state index contributed by atoms with van der Waals surface area (Å²) in [6.07, 6.45) is 12.8. The van der Waals surface area contributed by atoms with E-state index in [-0.39, 0.29) is 0 Å². The van der Waals surface area contributed by atoms with E-state index in [9.17, 15) is 0 Å². The zero-order valence-corrected chi connectivity index (χ0v) is 10.3. The molecule has 0 aliphatic heterocycles. The third kappa shape index (κ3) is 2.75. The fourth-order valence-corrected chi connectivity index (χ4v) is 3.79. The van der Waals surface area contributed by atoms with Gasteiger partial charge in [0.25, 0.3) is 0 Å². The van der Waals surface area contributed by atoms with Crippen LogP contribution in [0.1, 0.15) is 64.7 Å². The molecular formula is C14H27N. The van der Waals surface area contributed by atoms with Crippen LogP contribution in [0.5, 0.6) is 0 Å².